The standard InChI is InChI=1S/C33H41N5O7/c1-20-21(2)36-38(22(20)3)13-12-33(41)37-17-26-30(18-37)45-25-9-8-24(28(15-25)42-4)16-34-31(39)11-7-23-6-10-27(29(14-23)43-5)44-19-32(40)35-26/h6,8-10,14-15,26,30H,7,11-13,16-19H2,1-5H3,(H,34,39)(H,35,40)/t26-,30-/m1/s1. The molecule has 2 atom stereocenters. The largest absolute Gasteiger partial charge is 0.496 e. The monoisotopic (exact) mass is 619 g/mol. The average Bonchev–Trinajstić information content (AvgIpc) is 3.54. The number of hydrogen-bond donors (Lipinski definition) is 2. The van der Waals surface area contributed by atoms with E-state index in [0.717, 1.165) is 28.1 Å². The summed E-state index contributed by atoms with van der Waals surface area (Å²) in [5, 5.41) is 10.5. The van der Waals surface area contributed by atoms with Gasteiger partial charge in [0.25, 0.3) is 5.91 Å². The Kier molecular flexibility index (Phi) is 9.80. The Labute approximate surface area is 263 Å². The maximum atomic E-state index is 13.4. The highest BCUT2D eigenvalue weighted by Gasteiger charge is 2.38. The summed E-state index contributed by atoms with van der Waals surface area (Å²) in [7, 11) is 3.08. The van der Waals surface area contributed by atoms with Gasteiger partial charge in [0.15, 0.2) is 18.1 Å². The van der Waals surface area contributed by atoms with Crippen molar-refractivity contribution in [1.82, 2.24) is 25.3 Å². The Bertz CT molecular complexity index is 1570. The molecule has 0 aliphatic carbocycles. The van der Waals surface area contributed by atoms with Crippen molar-refractivity contribution in [2.24, 2.45) is 0 Å². The molecule has 3 amide bonds. The van der Waals surface area contributed by atoms with Gasteiger partial charge in [0.2, 0.25) is 11.8 Å². The summed E-state index contributed by atoms with van der Waals surface area (Å²) < 4.78 is 25.1. The number of benzene rings is 2. The summed E-state index contributed by atoms with van der Waals surface area (Å²) in [6, 6.07) is 10.3. The van der Waals surface area contributed by atoms with E-state index in [0.29, 0.717) is 36.0 Å². The van der Waals surface area contributed by atoms with E-state index in [1.807, 2.05) is 37.6 Å². The number of ether oxygens (including phenoxy) is 4. The molecule has 1 fully saturated rings. The molecule has 240 valence electrons. The Morgan fingerprint density at radius 2 is 1.80 bits per heavy atom. The van der Waals surface area contributed by atoms with E-state index >= 15 is 0 Å². The number of hydrogen-bond acceptors (Lipinski definition) is 8. The van der Waals surface area contributed by atoms with Crippen molar-refractivity contribution in [2.75, 3.05) is 33.9 Å². The van der Waals surface area contributed by atoms with Gasteiger partial charge in [-0.05, 0) is 62.6 Å². The number of carbonyl (C=O) groups excluding carboxylic acids is 3. The van der Waals surface area contributed by atoms with Crippen LogP contribution >= 0.6 is 0 Å². The van der Waals surface area contributed by atoms with Gasteiger partial charge in [-0.1, -0.05) is 6.07 Å². The SMILES string of the molecule is COc1cc2ccc1CNC(=O)CCc1ccc(c(OC)c1)OCC(=O)N[C@@H]1CN(C(=O)CCn3nc(C)c(C)c3C)C[C@H]1O2. The van der Waals surface area contributed by atoms with Crippen LogP contribution in [0.5, 0.6) is 23.0 Å². The zero-order valence-corrected chi connectivity index (χ0v) is 26.5. The molecule has 5 aliphatic rings. The summed E-state index contributed by atoms with van der Waals surface area (Å²) >= 11 is 0. The van der Waals surface area contributed by atoms with Crippen molar-refractivity contribution in [3.05, 3.63) is 64.5 Å². The molecule has 12 heteroatoms. The number of rotatable bonds is 5. The molecule has 0 saturated carbocycles. The van der Waals surface area contributed by atoms with Gasteiger partial charge in [-0.25, -0.2) is 0 Å². The number of nitrogens with one attached hydrogen (secondary N) is 2. The highest BCUT2D eigenvalue weighted by Crippen LogP contribution is 2.30. The van der Waals surface area contributed by atoms with Crippen LogP contribution in [-0.4, -0.2) is 78.5 Å². The number of aryl methyl sites for hydroxylation is 3. The summed E-state index contributed by atoms with van der Waals surface area (Å²) in [5.41, 5.74) is 4.80. The van der Waals surface area contributed by atoms with Crippen molar-refractivity contribution >= 4 is 17.7 Å². The molecule has 45 heavy (non-hydrogen) atoms. The lowest BCUT2D eigenvalue weighted by atomic mass is 10.1. The van der Waals surface area contributed by atoms with Crippen LogP contribution in [0.3, 0.4) is 0 Å². The molecule has 2 N–H and O–H groups in total. The van der Waals surface area contributed by atoms with Gasteiger partial charge in [0.05, 0.1) is 32.5 Å². The molecular formula is C33H41N5O7. The number of carbonyl (C=O) groups is 3. The van der Waals surface area contributed by atoms with Gasteiger partial charge < -0.3 is 34.5 Å². The molecule has 2 aromatic carbocycles. The minimum atomic E-state index is -0.525. The maximum Gasteiger partial charge on any atom is 0.258 e. The van der Waals surface area contributed by atoms with E-state index in [1.54, 1.807) is 36.3 Å². The number of amides is 3. The summed E-state index contributed by atoms with van der Waals surface area (Å²) in [6.45, 7) is 7.04. The van der Waals surface area contributed by atoms with Gasteiger partial charge in [0, 0.05) is 49.8 Å². The number of likely N-dealkylation sites (tertiary alicyclic amines) is 1. The third kappa shape index (κ3) is 7.50. The summed E-state index contributed by atoms with van der Waals surface area (Å²) in [4.78, 5) is 40.8. The van der Waals surface area contributed by atoms with Gasteiger partial charge in [0.1, 0.15) is 17.6 Å². The third-order valence-corrected chi connectivity index (χ3v) is 8.50. The Balaban J connectivity index is 1.36. The molecule has 3 aromatic rings. The molecular weight excluding hydrogens is 578 g/mol. The first kappa shape index (κ1) is 31.7. The van der Waals surface area contributed by atoms with Gasteiger partial charge >= 0.3 is 0 Å². The normalized spacial score (nSPS) is 18.8. The van der Waals surface area contributed by atoms with Crippen LogP contribution in [0.4, 0.5) is 0 Å². The summed E-state index contributed by atoms with van der Waals surface area (Å²) in [5.74, 6) is 1.45. The molecule has 0 unspecified atom stereocenters. The van der Waals surface area contributed by atoms with Crippen molar-refractivity contribution in [3.63, 3.8) is 0 Å². The van der Waals surface area contributed by atoms with Crippen molar-refractivity contribution in [3.8, 4) is 23.0 Å². The fourth-order valence-electron chi connectivity index (χ4n) is 5.64. The minimum Gasteiger partial charge on any atom is -0.496 e. The van der Waals surface area contributed by atoms with Crippen LogP contribution in [-0.2, 0) is 33.9 Å². The lowest BCUT2D eigenvalue weighted by Crippen LogP contribution is -2.46. The summed E-state index contributed by atoms with van der Waals surface area (Å²) in [6.07, 6.45) is 0.533. The van der Waals surface area contributed by atoms with Crippen LogP contribution in [0.25, 0.3) is 0 Å². The fraction of sp³-hybridized carbons (Fsp3) is 0.455. The maximum absolute atomic E-state index is 13.4. The number of aromatic nitrogens is 2. The first-order valence-corrected chi connectivity index (χ1v) is 15.1. The lowest BCUT2D eigenvalue weighted by molar-refractivity contribution is -0.131. The van der Waals surface area contributed by atoms with Crippen LogP contribution in [0, 0.1) is 20.8 Å². The van der Waals surface area contributed by atoms with E-state index < -0.39 is 12.1 Å². The molecule has 0 radical (unpaired) electrons. The highest BCUT2D eigenvalue weighted by molar-refractivity contribution is 5.79. The van der Waals surface area contributed by atoms with Gasteiger partial charge in [-0.2, -0.15) is 5.10 Å². The van der Waals surface area contributed by atoms with Crippen molar-refractivity contribution in [2.45, 2.75) is 65.3 Å². The number of nitrogens with zero attached hydrogens (tertiary/aromatic N) is 3. The Morgan fingerprint density at radius 3 is 2.53 bits per heavy atom. The molecule has 5 aliphatic heterocycles. The highest BCUT2D eigenvalue weighted by atomic mass is 16.5. The quantitative estimate of drug-likeness (QED) is 0.446. The lowest BCUT2D eigenvalue weighted by Gasteiger charge is -2.22. The third-order valence-electron chi connectivity index (χ3n) is 8.50. The molecule has 0 spiro atoms. The second kappa shape index (κ2) is 13.9. The minimum absolute atomic E-state index is 0.0548. The first-order valence-electron chi connectivity index (χ1n) is 15.1. The zero-order chi connectivity index (χ0) is 32.1. The predicted molar refractivity (Wildman–Crippen MR) is 166 cm³/mol. The Hall–Kier alpha value is -4.74. The van der Waals surface area contributed by atoms with Gasteiger partial charge in [-0.15, -0.1) is 0 Å². The van der Waals surface area contributed by atoms with E-state index in [4.69, 9.17) is 18.9 Å². The van der Waals surface area contributed by atoms with E-state index in [-0.39, 0.29) is 56.8 Å². The van der Waals surface area contributed by atoms with Crippen LogP contribution in [0.2, 0.25) is 0 Å². The molecule has 4 bridgehead atoms. The molecule has 1 saturated heterocycles. The van der Waals surface area contributed by atoms with Crippen LogP contribution in [0.15, 0.2) is 36.4 Å². The van der Waals surface area contributed by atoms with Crippen molar-refractivity contribution in [1.29, 1.82) is 0 Å². The van der Waals surface area contributed by atoms with E-state index in [2.05, 4.69) is 15.7 Å². The van der Waals surface area contributed by atoms with E-state index in [9.17, 15) is 14.4 Å². The smallest absolute Gasteiger partial charge is 0.258 e. The zero-order valence-electron chi connectivity index (χ0n) is 26.5. The number of methoxy groups -OCH3 is 2. The molecule has 8 rings (SSSR count). The van der Waals surface area contributed by atoms with Crippen molar-refractivity contribution < 1.29 is 33.3 Å². The topological polar surface area (TPSA) is 133 Å². The van der Waals surface area contributed by atoms with Crippen LogP contribution < -0.4 is 29.6 Å². The first-order chi connectivity index (χ1) is 21.6. The predicted octanol–water partition coefficient (Wildman–Crippen LogP) is 2.63. The molecule has 1 aromatic heterocycles. The second-order valence-corrected chi connectivity index (χ2v) is 11.4. The molecule has 12 nitrogen and oxygen atoms in total. The molecule has 6 heterocycles. The second-order valence-electron chi connectivity index (χ2n) is 11.4. The fourth-order valence-corrected chi connectivity index (χ4v) is 5.64. The van der Waals surface area contributed by atoms with E-state index in [1.165, 1.54) is 7.11 Å². The Morgan fingerprint density at radius 1 is 1.00 bits per heavy atom. The van der Waals surface area contributed by atoms with Gasteiger partial charge in [-0.3, -0.25) is 19.1 Å². The van der Waals surface area contributed by atoms with Crippen LogP contribution in [0.1, 0.15) is 40.9 Å². The average molecular weight is 620 g/mol.